The Labute approximate surface area is 175 Å². The summed E-state index contributed by atoms with van der Waals surface area (Å²) >= 11 is 6.42. The molecule has 7 nitrogen and oxygen atoms in total. The molecule has 0 spiro atoms. The summed E-state index contributed by atoms with van der Waals surface area (Å²) in [4.78, 5) is 42.2. The average Bonchev–Trinajstić information content (AvgIpc) is 3.31. The first-order valence-corrected chi connectivity index (χ1v) is 10.2. The van der Waals surface area contributed by atoms with Crippen molar-refractivity contribution in [2.24, 2.45) is 0 Å². The average molecular weight is 423 g/mol. The zero-order valence-electron chi connectivity index (χ0n) is 16.9. The number of hydrogen-bond acceptors (Lipinski definition) is 5. The van der Waals surface area contributed by atoms with Gasteiger partial charge in [0.15, 0.2) is 0 Å². The Morgan fingerprint density at radius 2 is 2.14 bits per heavy atom. The molecule has 8 heteroatoms. The van der Waals surface area contributed by atoms with Crippen molar-refractivity contribution in [3.8, 4) is 0 Å². The zero-order valence-corrected chi connectivity index (χ0v) is 17.6. The van der Waals surface area contributed by atoms with E-state index in [2.05, 4.69) is 0 Å². The number of amides is 3. The third-order valence-electron chi connectivity index (χ3n) is 5.83. The Balaban J connectivity index is 1.91. The van der Waals surface area contributed by atoms with Crippen LogP contribution in [0, 0.1) is 0 Å². The Kier molecular flexibility index (Phi) is 6.93. The number of imide groups is 1. The van der Waals surface area contributed by atoms with Crippen LogP contribution in [0.3, 0.4) is 0 Å². The lowest BCUT2D eigenvalue weighted by Gasteiger charge is -2.31. The highest BCUT2D eigenvalue weighted by Gasteiger charge is 2.54. The summed E-state index contributed by atoms with van der Waals surface area (Å²) in [7, 11) is 3.29. The molecule has 0 aliphatic carbocycles. The van der Waals surface area contributed by atoms with Gasteiger partial charge >= 0.3 is 0 Å². The van der Waals surface area contributed by atoms with Crippen LogP contribution in [0.5, 0.6) is 0 Å². The summed E-state index contributed by atoms with van der Waals surface area (Å²) in [6.07, 6.45) is 1.13. The van der Waals surface area contributed by atoms with Crippen molar-refractivity contribution >= 4 is 29.3 Å². The summed E-state index contributed by atoms with van der Waals surface area (Å²) < 4.78 is 10.4. The summed E-state index contributed by atoms with van der Waals surface area (Å²) in [6, 6.07) is 6.94. The third kappa shape index (κ3) is 4.32. The van der Waals surface area contributed by atoms with Crippen molar-refractivity contribution in [3.63, 3.8) is 0 Å². The van der Waals surface area contributed by atoms with E-state index < -0.39 is 5.41 Å². The van der Waals surface area contributed by atoms with Gasteiger partial charge in [0.2, 0.25) is 17.7 Å². The van der Waals surface area contributed by atoms with E-state index in [9.17, 15) is 14.4 Å². The van der Waals surface area contributed by atoms with Crippen LogP contribution in [-0.2, 0) is 29.3 Å². The van der Waals surface area contributed by atoms with Gasteiger partial charge in [0, 0.05) is 51.8 Å². The number of halogens is 1. The lowest BCUT2D eigenvalue weighted by Crippen LogP contribution is -2.45. The largest absolute Gasteiger partial charge is 0.385 e. The molecule has 29 heavy (non-hydrogen) atoms. The van der Waals surface area contributed by atoms with Gasteiger partial charge in [-0.25, -0.2) is 0 Å². The van der Waals surface area contributed by atoms with Crippen molar-refractivity contribution in [2.45, 2.75) is 37.1 Å². The number of likely N-dealkylation sites (tertiary alicyclic amines) is 1. The molecule has 0 radical (unpaired) electrons. The molecule has 1 aromatic carbocycles. The Morgan fingerprint density at radius 3 is 2.79 bits per heavy atom. The number of nitrogens with zero attached hydrogens (tertiary/aromatic N) is 2. The molecule has 1 aromatic rings. The van der Waals surface area contributed by atoms with E-state index in [1.807, 2.05) is 0 Å². The van der Waals surface area contributed by atoms with E-state index in [0.29, 0.717) is 36.8 Å². The fraction of sp³-hybridized carbons (Fsp3) is 0.571. The molecule has 2 aliphatic rings. The van der Waals surface area contributed by atoms with E-state index in [1.54, 1.807) is 43.3 Å². The smallest absolute Gasteiger partial charge is 0.240 e. The number of carbonyl (C=O) groups excluding carboxylic acids is 3. The van der Waals surface area contributed by atoms with E-state index in [-0.39, 0.29) is 43.1 Å². The molecule has 3 rings (SSSR count). The molecule has 0 N–H and O–H groups in total. The van der Waals surface area contributed by atoms with Crippen LogP contribution in [0.2, 0.25) is 5.02 Å². The minimum Gasteiger partial charge on any atom is -0.385 e. The van der Waals surface area contributed by atoms with Gasteiger partial charge in [0.05, 0.1) is 18.1 Å². The Bertz CT molecular complexity index is 780. The van der Waals surface area contributed by atoms with Crippen molar-refractivity contribution in [3.05, 3.63) is 34.9 Å². The molecular formula is C21H27ClN2O5. The zero-order chi connectivity index (χ0) is 21.0. The topological polar surface area (TPSA) is 76.2 Å². The molecule has 3 amide bonds. The summed E-state index contributed by atoms with van der Waals surface area (Å²) in [6.45, 7) is 1.80. The lowest BCUT2D eigenvalue weighted by molar-refractivity contribution is -0.143. The normalized spacial score (nSPS) is 24.4. The van der Waals surface area contributed by atoms with Gasteiger partial charge < -0.3 is 14.4 Å². The molecule has 0 unspecified atom stereocenters. The first kappa shape index (κ1) is 21.7. The third-order valence-corrected chi connectivity index (χ3v) is 6.16. The van der Waals surface area contributed by atoms with Gasteiger partial charge in [-0.2, -0.15) is 0 Å². The number of likely N-dealkylation sites (N-methyl/N-ethyl adjacent to an activating group) is 1. The second kappa shape index (κ2) is 9.24. The SMILES string of the molecule is COCCCN1C(=O)C[C@](CC(=O)N(C)[C@H]2CCOC2)(c2ccccc2Cl)C1=O. The van der Waals surface area contributed by atoms with Crippen molar-refractivity contribution in [2.75, 3.05) is 40.5 Å². The molecule has 2 fully saturated rings. The molecule has 0 bridgehead atoms. The fourth-order valence-corrected chi connectivity index (χ4v) is 4.42. The van der Waals surface area contributed by atoms with E-state index in [1.165, 1.54) is 4.90 Å². The maximum Gasteiger partial charge on any atom is 0.240 e. The van der Waals surface area contributed by atoms with Crippen LogP contribution in [0.4, 0.5) is 0 Å². The van der Waals surface area contributed by atoms with Gasteiger partial charge in [-0.05, 0) is 24.5 Å². The van der Waals surface area contributed by atoms with Crippen LogP contribution in [-0.4, -0.2) is 74.1 Å². The standard InChI is InChI=1S/C21H27ClN2O5/c1-23(15-8-11-29-14-15)18(25)12-21(16-6-3-4-7-17(16)22)13-19(26)24(20(21)27)9-5-10-28-2/h3-4,6-7,15H,5,8-14H2,1-2H3/t15-,21+/m0/s1. The van der Waals surface area contributed by atoms with Crippen molar-refractivity contribution < 1.29 is 23.9 Å². The lowest BCUT2D eigenvalue weighted by atomic mass is 9.75. The van der Waals surface area contributed by atoms with Gasteiger partial charge in [0.1, 0.15) is 0 Å². The predicted octanol–water partition coefficient (Wildman–Crippen LogP) is 2.01. The highest BCUT2D eigenvalue weighted by molar-refractivity contribution is 6.32. The highest BCUT2D eigenvalue weighted by Crippen LogP contribution is 2.43. The maximum atomic E-state index is 13.5. The fourth-order valence-electron chi connectivity index (χ4n) is 4.10. The minimum atomic E-state index is -1.28. The molecule has 2 atom stereocenters. The van der Waals surface area contributed by atoms with E-state index >= 15 is 0 Å². The maximum absolute atomic E-state index is 13.5. The second-order valence-corrected chi connectivity index (χ2v) is 8.04. The Hall–Kier alpha value is -1.96. The van der Waals surface area contributed by atoms with Gasteiger partial charge in [-0.3, -0.25) is 19.3 Å². The summed E-state index contributed by atoms with van der Waals surface area (Å²) in [5.41, 5.74) is -0.758. The van der Waals surface area contributed by atoms with Crippen molar-refractivity contribution in [1.29, 1.82) is 0 Å². The number of carbonyl (C=O) groups is 3. The summed E-state index contributed by atoms with van der Waals surface area (Å²) in [5, 5.41) is 0.382. The molecule has 158 valence electrons. The van der Waals surface area contributed by atoms with Gasteiger partial charge in [0.25, 0.3) is 0 Å². The van der Waals surface area contributed by atoms with Crippen LogP contribution >= 0.6 is 11.6 Å². The number of hydrogen-bond donors (Lipinski definition) is 0. The molecule has 2 saturated heterocycles. The van der Waals surface area contributed by atoms with E-state index in [0.717, 1.165) is 6.42 Å². The second-order valence-electron chi connectivity index (χ2n) is 7.63. The molecule has 0 saturated carbocycles. The van der Waals surface area contributed by atoms with Gasteiger partial charge in [-0.15, -0.1) is 0 Å². The van der Waals surface area contributed by atoms with Crippen LogP contribution in [0.1, 0.15) is 31.2 Å². The Morgan fingerprint density at radius 1 is 1.38 bits per heavy atom. The van der Waals surface area contributed by atoms with E-state index in [4.69, 9.17) is 21.1 Å². The summed E-state index contributed by atoms with van der Waals surface area (Å²) in [5.74, 6) is -0.845. The monoisotopic (exact) mass is 422 g/mol. The number of rotatable bonds is 8. The first-order valence-electron chi connectivity index (χ1n) is 9.83. The number of methoxy groups -OCH3 is 1. The quantitative estimate of drug-likeness (QED) is 0.473. The highest BCUT2D eigenvalue weighted by atomic mass is 35.5. The first-order chi connectivity index (χ1) is 13.9. The number of benzene rings is 1. The molecule has 0 aromatic heterocycles. The van der Waals surface area contributed by atoms with Crippen LogP contribution in [0.25, 0.3) is 0 Å². The van der Waals surface area contributed by atoms with Crippen molar-refractivity contribution in [1.82, 2.24) is 9.80 Å². The molecule has 2 heterocycles. The molecular weight excluding hydrogens is 396 g/mol. The van der Waals surface area contributed by atoms with Gasteiger partial charge in [-0.1, -0.05) is 29.8 Å². The number of ether oxygens (including phenoxy) is 2. The van der Waals surface area contributed by atoms with Crippen LogP contribution in [0.15, 0.2) is 24.3 Å². The molecule has 2 aliphatic heterocycles. The van der Waals surface area contributed by atoms with Crippen LogP contribution < -0.4 is 0 Å². The predicted molar refractivity (Wildman–Crippen MR) is 108 cm³/mol. The minimum absolute atomic E-state index is 0.0178.